The van der Waals surface area contributed by atoms with Crippen LogP contribution in [0.2, 0.25) is 0 Å². The van der Waals surface area contributed by atoms with Crippen LogP contribution in [0.25, 0.3) is 0 Å². The van der Waals surface area contributed by atoms with Crippen molar-refractivity contribution in [3.8, 4) is 0 Å². The van der Waals surface area contributed by atoms with Gasteiger partial charge in [-0.15, -0.1) is 0 Å². The van der Waals surface area contributed by atoms with Crippen LogP contribution in [0.4, 0.5) is 5.69 Å². The zero-order valence-electron chi connectivity index (χ0n) is 12.1. The fraction of sp³-hybridized carbons (Fsp3) is 0.368. The number of hydrogen-bond donors (Lipinski definition) is 0. The van der Waals surface area contributed by atoms with Gasteiger partial charge in [-0.1, -0.05) is 42.5 Å². The van der Waals surface area contributed by atoms with Crippen LogP contribution in [0.1, 0.15) is 41.0 Å². The Morgan fingerprint density at radius 1 is 0.900 bits per heavy atom. The van der Waals surface area contributed by atoms with E-state index in [2.05, 4.69) is 54.4 Å². The number of hydrogen-bond acceptors (Lipinski definition) is 1. The fourth-order valence-corrected chi connectivity index (χ4v) is 4.06. The summed E-state index contributed by atoms with van der Waals surface area (Å²) in [4.78, 5) is 2.47. The molecule has 4 rings (SSSR count). The van der Waals surface area contributed by atoms with E-state index in [1.54, 1.807) is 22.3 Å². The van der Waals surface area contributed by atoms with E-state index in [1.807, 2.05) is 0 Å². The molecular formula is C19H21N. The smallest absolute Gasteiger partial charge is 0.0435 e. The second kappa shape index (κ2) is 4.66. The molecule has 0 N–H and O–H groups in total. The fourth-order valence-electron chi connectivity index (χ4n) is 4.06. The summed E-state index contributed by atoms with van der Waals surface area (Å²) in [6.07, 6.45) is 5.02. The summed E-state index contributed by atoms with van der Waals surface area (Å²) in [7, 11) is 2.25. The topological polar surface area (TPSA) is 3.24 Å². The number of fused-ring (bicyclic) bond motifs is 2. The van der Waals surface area contributed by atoms with E-state index < -0.39 is 0 Å². The van der Waals surface area contributed by atoms with Gasteiger partial charge in [-0.3, -0.25) is 0 Å². The van der Waals surface area contributed by atoms with Crippen LogP contribution in [0.5, 0.6) is 0 Å². The minimum atomic E-state index is 0.599. The maximum absolute atomic E-state index is 2.47. The summed E-state index contributed by atoms with van der Waals surface area (Å²) in [5.74, 6) is 0.599. The zero-order valence-corrected chi connectivity index (χ0v) is 12.1. The molecule has 0 saturated carbocycles. The quantitative estimate of drug-likeness (QED) is 0.747. The molecule has 2 aromatic carbocycles. The van der Waals surface area contributed by atoms with Gasteiger partial charge in [0.1, 0.15) is 0 Å². The molecule has 1 heterocycles. The molecule has 0 fully saturated rings. The van der Waals surface area contributed by atoms with E-state index in [0.717, 1.165) is 0 Å². The summed E-state index contributed by atoms with van der Waals surface area (Å²) < 4.78 is 0. The van der Waals surface area contributed by atoms with Crippen molar-refractivity contribution in [3.63, 3.8) is 0 Å². The Hall–Kier alpha value is -1.76. The highest BCUT2D eigenvalue weighted by Gasteiger charge is 2.28. The molecule has 1 nitrogen and oxygen atoms in total. The number of benzene rings is 2. The molecule has 2 aromatic rings. The van der Waals surface area contributed by atoms with Gasteiger partial charge >= 0.3 is 0 Å². The van der Waals surface area contributed by atoms with Crippen LogP contribution in [0, 0.1) is 0 Å². The summed E-state index contributed by atoms with van der Waals surface area (Å²) in [5, 5.41) is 0. The third-order valence-electron chi connectivity index (χ3n) is 4.98. The van der Waals surface area contributed by atoms with Gasteiger partial charge in [0.2, 0.25) is 0 Å². The monoisotopic (exact) mass is 263 g/mol. The molecule has 1 unspecified atom stereocenters. The number of aryl methyl sites for hydroxylation is 2. The molecular weight excluding hydrogens is 242 g/mol. The van der Waals surface area contributed by atoms with Gasteiger partial charge in [0.25, 0.3) is 0 Å². The predicted molar refractivity (Wildman–Crippen MR) is 84.6 cm³/mol. The first-order valence-electron chi connectivity index (χ1n) is 7.75. The van der Waals surface area contributed by atoms with Crippen molar-refractivity contribution in [1.82, 2.24) is 0 Å². The predicted octanol–water partition coefficient (Wildman–Crippen LogP) is 4.15. The lowest BCUT2D eigenvalue weighted by Crippen LogP contribution is -2.26. The minimum Gasteiger partial charge on any atom is -0.374 e. The van der Waals surface area contributed by atoms with Crippen LogP contribution in [0.3, 0.4) is 0 Å². The molecule has 102 valence electrons. The molecule has 1 atom stereocenters. The standard InChI is InChI=1S/C19H21N/c1-20-13-5-8-15-7-4-10-18(19(15)20)17-12-11-14-6-2-3-9-16(14)17/h2-4,6-7,9-10,17H,5,8,11-13H2,1H3. The molecule has 1 aliphatic heterocycles. The Bertz CT molecular complexity index is 644. The van der Waals surface area contributed by atoms with Crippen molar-refractivity contribution in [3.05, 3.63) is 64.7 Å². The third-order valence-corrected chi connectivity index (χ3v) is 4.98. The zero-order chi connectivity index (χ0) is 13.5. The number of rotatable bonds is 1. The second-order valence-corrected chi connectivity index (χ2v) is 6.17. The van der Waals surface area contributed by atoms with Gasteiger partial charge < -0.3 is 4.90 Å². The average molecular weight is 263 g/mol. The average Bonchev–Trinajstić information content (AvgIpc) is 2.91. The van der Waals surface area contributed by atoms with E-state index in [9.17, 15) is 0 Å². The molecule has 2 aliphatic rings. The minimum absolute atomic E-state index is 0.599. The molecule has 1 aliphatic carbocycles. The first kappa shape index (κ1) is 12.0. The normalized spacial score (nSPS) is 20.6. The van der Waals surface area contributed by atoms with Crippen LogP contribution in [0.15, 0.2) is 42.5 Å². The van der Waals surface area contributed by atoms with Gasteiger partial charge in [-0.05, 0) is 47.9 Å². The van der Waals surface area contributed by atoms with E-state index in [-0.39, 0.29) is 0 Å². The van der Waals surface area contributed by atoms with E-state index in [0.29, 0.717) is 5.92 Å². The van der Waals surface area contributed by atoms with Crippen molar-refractivity contribution >= 4 is 5.69 Å². The van der Waals surface area contributed by atoms with Crippen molar-refractivity contribution in [1.29, 1.82) is 0 Å². The first-order chi connectivity index (χ1) is 9.84. The molecule has 0 aromatic heterocycles. The lowest BCUT2D eigenvalue weighted by Gasteiger charge is -2.32. The van der Waals surface area contributed by atoms with Gasteiger partial charge in [0.15, 0.2) is 0 Å². The SMILES string of the molecule is CN1CCCc2cccc(C3CCc4ccccc43)c21. The highest BCUT2D eigenvalue weighted by atomic mass is 15.1. The Labute approximate surface area is 121 Å². The third kappa shape index (κ3) is 1.76. The van der Waals surface area contributed by atoms with Gasteiger partial charge in [0, 0.05) is 25.2 Å². The molecule has 0 spiro atoms. The number of nitrogens with zero attached hydrogens (tertiary/aromatic N) is 1. The van der Waals surface area contributed by atoms with Crippen LogP contribution >= 0.6 is 0 Å². The molecule has 0 bridgehead atoms. The molecule has 0 saturated heterocycles. The summed E-state index contributed by atoms with van der Waals surface area (Å²) in [6.45, 7) is 1.19. The van der Waals surface area contributed by atoms with Crippen LogP contribution < -0.4 is 4.90 Å². The molecule has 1 heteroatoms. The van der Waals surface area contributed by atoms with Crippen molar-refractivity contribution in [2.75, 3.05) is 18.5 Å². The van der Waals surface area contributed by atoms with Crippen LogP contribution in [-0.4, -0.2) is 13.6 Å². The molecule has 0 radical (unpaired) electrons. The van der Waals surface area contributed by atoms with Gasteiger partial charge in [-0.2, -0.15) is 0 Å². The summed E-state index contributed by atoms with van der Waals surface area (Å²) in [6, 6.07) is 15.9. The van der Waals surface area contributed by atoms with Gasteiger partial charge in [0.05, 0.1) is 0 Å². The number of anilines is 1. The van der Waals surface area contributed by atoms with Crippen molar-refractivity contribution < 1.29 is 0 Å². The highest BCUT2D eigenvalue weighted by Crippen LogP contribution is 2.43. The van der Waals surface area contributed by atoms with E-state index in [1.165, 1.54) is 37.9 Å². The van der Waals surface area contributed by atoms with Crippen molar-refractivity contribution in [2.24, 2.45) is 0 Å². The Morgan fingerprint density at radius 3 is 2.65 bits per heavy atom. The Morgan fingerprint density at radius 2 is 1.70 bits per heavy atom. The Balaban J connectivity index is 1.85. The van der Waals surface area contributed by atoms with E-state index >= 15 is 0 Å². The van der Waals surface area contributed by atoms with Crippen LogP contribution in [-0.2, 0) is 12.8 Å². The largest absolute Gasteiger partial charge is 0.374 e. The molecule has 0 amide bonds. The summed E-state index contributed by atoms with van der Waals surface area (Å²) in [5.41, 5.74) is 7.71. The number of para-hydroxylation sites is 1. The lowest BCUT2D eigenvalue weighted by molar-refractivity contribution is 0.720. The Kier molecular flexibility index (Phi) is 2.80. The van der Waals surface area contributed by atoms with Gasteiger partial charge in [-0.25, -0.2) is 0 Å². The maximum atomic E-state index is 2.47. The van der Waals surface area contributed by atoms with E-state index in [4.69, 9.17) is 0 Å². The summed E-state index contributed by atoms with van der Waals surface area (Å²) >= 11 is 0. The maximum Gasteiger partial charge on any atom is 0.0435 e. The second-order valence-electron chi connectivity index (χ2n) is 6.17. The lowest BCUT2D eigenvalue weighted by atomic mass is 9.87. The first-order valence-corrected chi connectivity index (χ1v) is 7.75. The molecule has 20 heavy (non-hydrogen) atoms. The highest BCUT2D eigenvalue weighted by molar-refractivity contribution is 5.64. The van der Waals surface area contributed by atoms with Crippen molar-refractivity contribution in [2.45, 2.75) is 31.6 Å².